The van der Waals surface area contributed by atoms with Crippen LogP contribution in [0.3, 0.4) is 0 Å². The van der Waals surface area contributed by atoms with Gasteiger partial charge in [-0.3, -0.25) is 0 Å². The van der Waals surface area contributed by atoms with Crippen molar-refractivity contribution in [2.24, 2.45) is 11.3 Å². The predicted octanol–water partition coefficient (Wildman–Crippen LogP) is 3.48. The minimum absolute atomic E-state index is 0.342. The van der Waals surface area contributed by atoms with Crippen LogP contribution < -0.4 is 0 Å². The van der Waals surface area contributed by atoms with Crippen LogP contribution in [0.4, 0.5) is 0 Å². The molecule has 0 saturated heterocycles. The number of hydrogen-bond acceptors (Lipinski definition) is 0. The van der Waals surface area contributed by atoms with Gasteiger partial charge in [0.15, 0.2) is 0 Å². The van der Waals surface area contributed by atoms with Crippen molar-refractivity contribution >= 4 is 0 Å². The zero-order valence-electron chi connectivity index (χ0n) is 7.88. The van der Waals surface area contributed by atoms with Crippen LogP contribution >= 0.6 is 0 Å². The molecule has 0 heterocycles. The summed E-state index contributed by atoms with van der Waals surface area (Å²) in [5.74, 6) is 0.907. The summed E-state index contributed by atoms with van der Waals surface area (Å²) in [5, 5.41) is 0. The lowest BCUT2D eigenvalue weighted by Crippen LogP contribution is -2.11. The Hall–Kier alpha value is -0.780. The molecule has 2 aliphatic rings. The lowest BCUT2D eigenvalue weighted by Gasteiger charge is -2.20. The van der Waals surface area contributed by atoms with E-state index in [4.69, 9.17) is 0 Å². The van der Waals surface area contributed by atoms with E-state index >= 15 is 0 Å². The van der Waals surface area contributed by atoms with E-state index in [1.807, 2.05) is 0 Å². The zero-order chi connectivity index (χ0) is 8.60. The molecule has 0 N–H and O–H groups in total. The molecule has 0 aromatic heterocycles. The normalized spacial score (nSPS) is 34.7. The van der Waals surface area contributed by atoms with Gasteiger partial charge in [0.25, 0.3) is 0 Å². The topological polar surface area (TPSA) is 0 Å². The van der Waals surface area contributed by atoms with Crippen LogP contribution in [0, 0.1) is 11.3 Å². The van der Waals surface area contributed by atoms with E-state index in [1.54, 1.807) is 0 Å². The summed E-state index contributed by atoms with van der Waals surface area (Å²) in [5.41, 5.74) is 1.70. The van der Waals surface area contributed by atoms with Gasteiger partial charge in [0.2, 0.25) is 0 Å². The Balaban J connectivity index is 2.24. The predicted molar refractivity (Wildman–Crippen MR) is 52.9 cm³/mol. The van der Waals surface area contributed by atoms with E-state index in [-0.39, 0.29) is 0 Å². The smallest absolute Gasteiger partial charge is 0.00672 e. The Kier molecular flexibility index (Phi) is 1.71. The second-order valence-electron chi connectivity index (χ2n) is 4.24. The highest BCUT2D eigenvalue weighted by atomic mass is 14.4. The lowest BCUT2D eigenvalue weighted by atomic mass is 9.84. The summed E-state index contributed by atoms with van der Waals surface area (Å²) in [6, 6.07) is 0. The van der Waals surface area contributed by atoms with Crippen molar-refractivity contribution < 1.29 is 0 Å². The zero-order valence-corrected chi connectivity index (χ0v) is 7.88. The molecule has 64 valence electrons. The summed E-state index contributed by atoms with van der Waals surface area (Å²) in [6.45, 7) is 4.49. The molecule has 0 aromatic carbocycles. The second kappa shape index (κ2) is 2.62. The van der Waals surface area contributed by atoms with Crippen molar-refractivity contribution in [1.82, 2.24) is 0 Å². The van der Waals surface area contributed by atoms with Crippen LogP contribution in [-0.2, 0) is 0 Å². The van der Waals surface area contributed by atoms with Crippen LogP contribution in [0.5, 0.6) is 0 Å². The highest BCUT2D eigenvalue weighted by Crippen LogP contribution is 2.47. The van der Waals surface area contributed by atoms with E-state index in [2.05, 4.69) is 44.2 Å². The van der Waals surface area contributed by atoms with E-state index in [1.165, 1.54) is 18.4 Å². The molecule has 0 nitrogen and oxygen atoms in total. The fraction of sp³-hybridized carbons (Fsp3) is 0.500. The van der Waals surface area contributed by atoms with Gasteiger partial charge in [0.1, 0.15) is 0 Å². The van der Waals surface area contributed by atoms with Crippen LogP contribution in [0.1, 0.15) is 26.7 Å². The van der Waals surface area contributed by atoms with Crippen molar-refractivity contribution in [2.75, 3.05) is 0 Å². The molecule has 0 bridgehead atoms. The molecule has 0 aromatic rings. The molecule has 0 aliphatic heterocycles. The largest absolute Gasteiger partial charge is 0.0745 e. The Labute approximate surface area is 74.7 Å². The maximum absolute atomic E-state index is 2.36. The van der Waals surface area contributed by atoms with Crippen LogP contribution in [0.25, 0.3) is 0 Å². The Morgan fingerprint density at radius 1 is 1.33 bits per heavy atom. The fourth-order valence-corrected chi connectivity index (χ4v) is 1.81. The van der Waals surface area contributed by atoms with E-state index in [9.17, 15) is 0 Å². The lowest BCUT2D eigenvalue weighted by molar-refractivity contribution is 0.473. The Bertz CT molecular complexity index is 264. The van der Waals surface area contributed by atoms with Gasteiger partial charge in [-0.2, -0.15) is 0 Å². The first-order chi connectivity index (χ1) is 5.71. The SMILES string of the molecule is CC1=CC=CC(C)(C2CC2)C=C1. The van der Waals surface area contributed by atoms with Crippen molar-refractivity contribution in [2.45, 2.75) is 26.7 Å². The molecule has 12 heavy (non-hydrogen) atoms. The molecule has 1 fully saturated rings. The monoisotopic (exact) mass is 160 g/mol. The van der Waals surface area contributed by atoms with E-state index in [0.717, 1.165) is 5.92 Å². The van der Waals surface area contributed by atoms with Crippen molar-refractivity contribution in [3.63, 3.8) is 0 Å². The highest BCUT2D eigenvalue weighted by molar-refractivity contribution is 5.31. The number of hydrogen-bond donors (Lipinski definition) is 0. The summed E-state index contributed by atoms with van der Waals surface area (Å²) in [6.07, 6.45) is 14.2. The van der Waals surface area contributed by atoms with Gasteiger partial charge in [-0.25, -0.2) is 0 Å². The van der Waals surface area contributed by atoms with Gasteiger partial charge in [-0.15, -0.1) is 0 Å². The third-order valence-electron chi connectivity index (χ3n) is 2.98. The summed E-state index contributed by atoms with van der Waals surface area (Å²) in [4.78, 5) is 0. The molecule has 2 rings (SSSR count). The molecule has 2 aliphatic carbocycles. The highest BCUT2D eigenvalue weighted by Gasteiger charge is 2.37. The van der Waals surface area contributed by atoms with Crippen molar-refractivity contribution in [3.05, 3.63) is 36.0 Å². The average Bonchev–Trinajstić information content (AvgIpc) is 2.80. The third kappa shape index (κ3) is 1.38. The van der Waals surface area contributed by atoms with Gasteiger partial charge < -0.3 is 0 Å². The standard InChI is InChI=1S/C12H16/c1-10-4-3-8-12(2,9-7-10)11-5-6-11/h3-4,7-9,11H,5-6H2,1-2H3. The van der Waals surface area contributed by atoms with Gasteiger partial charge in [0, 0.05) is 5.41 Å². The fourth-order valence-electron chi connectivity index (χ4n) is 1.81. The van der Waals surface area contributed by atoms with Crippen LogP contribution in [0.15, 0.2) is 36.0 Å². The molecule has 0 radical (unpaired) electrons. The van der Waals surface area contributed by atoms with Crippen molar-refractivity contribution in [1.29, 1.82) is 0 Å². The summed E-state index contributed by atoms with van der Waals surface area (Å²) >= 11 is 0. The molecule has 1 unspecified atom stereocenters. The maximum atomic E-state index is 2.36. The van der Waals surface area contributed by atoms with Crippen LogP contribution in [-0.4, -0.2) is 0 Å². The van der Waals surface area contributed by atoms with Gasteiger partial charge in [-0.1, -0.05) is 42.9 Å². The number of rotatable bonds is 1. The Morgan fingerprint density at radius 2 is 2.08 bits per heavy atom. The molecule has 1 atom stereocenters. The van der Waals surface area contributed by atoms with Gasteiger partial charge >= 0.3 is 0 Å². The minimum Gasteiger partial charge on any atom is -0.0745 e. The maximum Gasteiger partial charge on any atom is 0.00672 e. The Morgan fingerprint density at radius 3 is 2.75 bits per heavy atom. The van der Waals surface area contributed by atoms with Gasteiger partial charge in [-0.05, 0) is 25.7 Å². The molecule has 0 spiro atoms. The molecule has 1 saturated carbocycles. The quantitative estimate of drug-likeness (QED) is 0.551. The van der Waals surface area contributed by atoms with Crippen LogP contribution in [0.2, 0.25) is 0 Å². The molecule has 0 amide bonds. The molecule has 0 heteroatoms. The first-order valence-corrected chi connectivity index (χ1v) is 4.76. The molecular weight excluding hydrogens is 144 g/mol. The van der Waals surface area contributed by atoms with Gasteiger partial charge in [0.05, 0.1) is 0 Å². The van der Waals surface area contributed by atoms with E-state index < -0.39 is 0 Å². The first kappa shape index (κ1) is 7.85. The van der Waals surface area contributed by atoms with E-state index in [0.29, 0.717) is 5.41 Å². The summed E-state index contributed by atoms with van der Waals surface area (Å²) in [7, 11) is 0. The third-order valence-corrected chi connectivity index (χ3v) is 2.98. The van der Waals surface area contributed by atoms with Crippen molar-refractivity contribution in [3.8, 4) is 0 Å². The number of allylic oxidation sites excluding steroid dienone is 6. The second-order valence-corrected chi connectivity index (χ2v) is 4.24. The average molecular weight is 160 g/mol. The first-order valence-electron chi connectivity index (χ1n) is 4.76. The molecular formula is C12H16. The summed E-state index contributed by atoms with van der Waals surface area (Å²) < 4.78 is 0. The minimum atomic E-state index is 0.342.